The number of aliphatic hydroxyl groups excluding tert-OH is 1. The Morgan fingerprint density at radius 3 is 2.75 bits per heavy atom. The summed E-state index contributed by atoms with van der Waals surface area (Å²) in [5.41, 5.74) is 1.27. The summed E-state index contributed by atoms with van der Waals surface area (Å²) in [5.74, 6) is 0.293. The molecule has 1 unspecified atom stereocenters. The number of hydrogen-bond acceptors (Lipinski definition) is 3. The molecule has 20 heavy (non-hydrogen) atoms. The highest BCUT2D eigenvalue weighted by atomic mass is 79.9. The van der Waals surface area contributed by atoms with Crippen molar-refractivity contribution in [2.24, 2.45) is 0 Å². The molecule has 1 atom stereocenters. The van der Waals surface area contributed by atoms with E-state index in [0.717, 1.165) is 0 Å². The van der Waals surface area contributed by atoms with Crippen LogP contribution in [0.25, 0.3) is 6.08 Å². The number of carbonyl (C=O) groups excluding carboxylic acids is 1. The number of hydrogen-bond donors (Lipinski definition) is 2. The molecule has 1 amide bonds. The van der Waals surface area contributed by atoms with Gasteiger partial charge in [-0.3, -0.25) is 4.79 Å². The Kier molecular flexibility index (Phi) is 4.76. The second-order valence-corrected chi connectivity index (χ2v) is 5.01. The molecule has 104 valence electrons. The minimum absolute atomic E-state index is 0.286. The fourth-order valence-corrected chi connectivity index (χ4v) is 2.04. The molecule has 1 heterocycles. The summed E-state index contributed by atoms with van der Waals surface area (Å²) in [5, 5.41) is 12.4. The summed E-state index contributed by atoms with van der Waals surface area (Å²) in [6.45, 7) is 1.65. The van der Waals surface area contributed by atoms with Crippen molar-refractivity contribution in [2.75, 3.05) is 5.32 Å². The van der Waals surface area contributed by atoms with Gasteiger partial charge in [-0.2, -0.15) is 0 Å². The third kappa shape index (κ3) is 3.82. The van der Waals surface area contributed by atoms with E-state index >= 15 is 0 Å². The quantitative estimate of drug-likeness (QED) is 0.836. The molecule has 0 saturated carbocycles. The van der Waals surface area contributed by atoms with Crippen molar-refractivity contribution in [3.63, 3.8) is 0 Å². The SMILES string of the molecule is CC(O)c1ccccc1NC(=O)C=Cc1ccc(Br)o1. The molecule has 0 saturated heterocycles. The molecule has 5 heteroatoms. The van der Waals surface area contributed by atoms with E-state index in [0.29, 0.717) is 21.7 Å². The Morgan fingerprint density at radius 1 is 1.35 bits per heavy atom. The third-order valence-corrected chi connectivity index (χ3v) is 3.09. The number of furan rings is 1. The monoisotopic (exact) mass is 335 g/mol. The Hall–Kier alpha value is -1.85. The molecule has 4 nitrogen and oxygen atoms in total. The molecular formula is C15H14BrNO3. The molecule has 2 rings (SSSR count). The molecular weight excluding hydrogens is 322 g/mol. The number of benzene rings is 1. The van der Waals surface area contributed by atoms with E-state index in [9.17, 15) is 9.90 Å². The van der Waals surface area contributed by atoms with Crippen molar-refractivity contribution in [3.8, 4) is 0 Å². The summed E-state index contributed by atoms with van der Waals surface area (Å²) >= 11 is 3.19. The first-order chi connectivity index (χ1) is 9.56. The minimum Gasteiger partial charge on any atom is -0.450 e. The Balaban J connectivity index is 2.07. The zero-order valence-electron chi connectivity index (χ0n) is 10.8. The molecule has 0 spiro atoms. The fraction of sp³-hybridized carbons (Fsp3) is 0.133. The van der Waals surface area contributed by atoms with E-state index in [-0.39, 0.29) is 5.91 Å². The van der Waals surface area contributed by atoms with Gasteiger partial charge in [-0.15, -0.1) is 0 Å². The number of para-hydroxylation sites is 1. The van der Waals surface area contributed by atoms with Crippen LogP contribution in [0.4, 0.5) is 5.69 Å². The van der Waals surface area contributed by atoms with Crippen LogP contribution in [-0.4, -0.2) is 11.0 Å². The summed E-state index contributed by atoms with van der Waals surface area (Å²) in [4.78, 5) is 11.8. The summed E-state index contributed by atoms with van der Waals surface area (Å²) < 4.78 is 5.86. The lowest BCUT2D eigenvalue weighted by molar-refractivity contribution is -0.111. The smallest absolute Gasteiger partial charge is 0.248 e. The van der Waals surface area contributed by atoms with Crippen molar-refractivity contribution in [2.45, 2.75) is 13.0 Å². The van der Waals surface area contributed by atoms with Gasteiger partial charge in [0.1, 0.15) is 5.76 Å². The summed E-state index contributed by atoms with van der Waals surface area (Å²) in [6, 6.07) is 10.6. The van der Waals surface area contributed by atoms with Gasteiger partial charge in [-0.25, -0.2) is 0 Å². The van der Waals surface area contributed by atoms with Crippen LogP contribution in [0.1, 0.15) is 24.4 Å². The first-order valence-electron chi connectivity index (χ1n) is 6.07. The number of anilines is 1. The highest BCUT2D eigenvalue weighted by Gasteiger charge is 2.08. The number of amides is 1. The zero-order chi connectivity index (χ0) is 14.5. The highest BCUT2D eigenvalue weighted by molar-refractivity contribution is 9.10. The molecule has 1 aromatic carbocycles. The lowest BCUT2D eigenvalue weighted by Crippen LogP contribution is -2.10. The van der Waals surface area contributed by atoms with Crippen LogP contribution >= 0.6 is 15.9 Å². The predicted octanol–water partition coefficient (Wildman–Crippen LogP) is 3.75. The molecule has 1 aromatic heterocycles. The van der Waals surface area contributed by atoms with E-state index in [2.05, 4.69) is 21.2 Å². The van der Waals surface area contributed by atoms with Crippen molar-refractivity contribution in [1.82, 2.24) is 0 Å². The van der Waals surface area contributed by atoms with Gasteiger partial charge in [-0.05, 0) is 47.1 Å². The van der Waals surface area contributed by atoms with E-state index in [1.54, 1.807) is 43.3 Å². The first kappa shape index (κ1) is 14.6. The van der Waals surface area contributed by atoms with Crippen LogP contribution in [0, 0.1) is 0 Å². The Labute approximate surface area is 125 Å². The maximum atomic E-state index is 11.8. The lowest BCUT2D eigenvalue weighted by Gasteiger charge is -2.11. The van der Waals surface area contributed by atoms with E-state index in [1.807, 2.05) is 6.07 Å². The molecule has 2 aromatic rings. The summed E-state index contributed by atoms with van der Waals surface area (Å²) in [7, 11) is 0. The maximum absolute atomic E-state index is 11.8. The average molecular weight is 336 g/mol. The molecule has 0 aliphatic rings. The van der Waals surface area contributed by atoms with Crippen molar-refractivity contribution in [1.29, 1.82) is 0 Å². The number of rotatable bonds is 4. The van der Waals surface area contributed by atoms with Crippen LogP contribution in [0.3, 0.4) is 0 Å². The van der Waals surface area contributed by atoms with E-state index in [1.165, 1.54) is 6.08 Å². The Morgan fingerprint density at radius 2 is 2.10 bits per heavy atom. The number of aliphatic hydroxyl groups is 1. The van der Waals surface area contributed by atoms with Crippen molar-refractivity contribution >= 4 is 33.6 Å². The fourth-order valence-electron chi connectivity index (χ4n) is 1.73. The molecule has 0 aliphatic carbocycles. The standard InChI is InChI=1S/C15H14BrNO3/c1-10(18)12-4-2-3-5-13(12)17-15(19)9-7-11-6-8-14(16)20-11/h2-10,18H,1H3,(H,17,19). The van der Waals surface area contributed by atoms with Crippen LogP contribution in [0.2, 0.25) is 0 Å². The summed E-state index contributed by atoms with van der Waals surface area (Å²) in [6.07, 6.45) is 2.31. The minimum atomic E-state index is -0.642. The number of nitrogens with one attached hydrogen (secondary N) is 1. The second kappa shape index (κ2) is 6.54. The van der Waals surface area contributed by atoms with Crippen molar-refractivity contribution in [3.05, 3.63) is 58.5 Å². The largest absolute Gasteiger partial charge is 0.450 e. The van der Waals surface area contributed by atoms with Gasteiger partial charge in [0.25, 0.3) is 0 Å². The van der Waals surface area contributed by atoms with Gasteiger partial charge in [0, 0.05) is 17.3 Å². The van der Waals surface area contributed by atoms with Gasteiger partial charge in [0.05, 0.1) is 6.10 Å². The normalized spacial score (nSPS) is 12.6. The predicted molar refractivity (Wildman–Crippen MR) is 81.1 cm³/mol. The first-order valence-corrected chi connectivity index (χ1v) is 6.87. The second-order valence-electron chi connectivity index (χ2n) is 4.23. The molecule has 0 radical (unpaired) electrons. The zero-order valence-corrected chi connectivity index (χ0v) is 12.4. The van der Waals surface area contributed by atoms with Gasteiger partial charge in [0.15, 0.2) is 4.67 Å². The number of carbonyl (C=O) groups is 1. The van der Waals surface area contributed by atoms with Gasteiger partial charge < -0.3 is 14.8 Å². The van der Waals surface area contributed by atoms with Gasteiger partial charge in [0.2, 0.25) is 5.91 Å². The van der Waals surface area contributed by atoms with Crippen LogP contribution < -0.4 is 5.32 Å². The Bertz CT molecular complexity index is 632. The van der Waals surface area contributed by atoms with Crippen LogP contribution in [0.15, 0.2) is 51.6 Å². The van der Waals surface area contributed by atoms with Gasteiger partial charge in [-0.1, -0.05) is 18.2 Å². The van der Waals surface area contributed by atoms with Crippen LogP contribution in [-0.2, 0) is 4.79 Å². The molecule has 0 fully saturated rings. The topological polar surface area (TPSA) is 62.5 Å². The lowest BCUT2D eigenvalue weighted by atomic mass is 10.1. The van der Waals surface area contributed by atoms with E-state index in [4.69, 9.17) is 4.42 Å². The maximum Gasteiger partial charge on any atom is 0.248 e. The van der Waals surface area contributed by atoms with Gasteiger partial charge >= 0.3 is 0 Å². The van der Waals surface area contributed by atoms with E-state index < -0.39 is 6.10 Å². The molecule has 0 bridgehead atoms. The average Bonchev–Trinajstić information content (AvgIpc) is 2.83. The van der Waals surface area contributed by atoms with Crippen LogP contribution in [0.5, 0.6) is 0 Å². The molecule has 2 N–H and O–H groups in total. The van der Waals surface area contributed by atoms with Crippen molar-refractivity contribution < 1.29 is 14.3 Å². The third-order valence-electron chi connectivity index (χ3n) is 2.66. The highest BCUT2D eigenvalue weighted by Crippen LogP contribution is 2.22. The number of halogens is 1. The molecule has 0 aliphatic heterocycles.